The van der Waals surface area contributed by atoms with Crippen molar-refractivity contribution >= 4 is 5.78 Å². The third kappa shape index (κ3) is 2.55. The Hall–Kier alpha value is -2.14. The molecule has 0 unspecified atom stereocenters. The predicted octanol–water partition coefficient (Wildman–Crippen LogP) is 2.37. The van der Waals surface area contributed by atoms with E-state index in [2.05, 4.69) is 10.2 Å². The number of nitrogens with zero attached hydrogens (tertiary/aromatic N) is 1. The van der Waals surface area contributed by atoms with E-state index in [-0.39, 0.29) is 11.7 Å². The molecular weight excluding hydrogens is 292 g/mol. The summed E-state index contributed by atoms with van der Waals surface area (Å²) >= 11 is 0. The van der Waals surface area contributed by atoms with E-state index < -0.39 is 11.5 Å². The fourth-order valence-electron chi connectivity index (χ4n) is 3.85. The molecule has 0 spiro atoms. The van der Waals surface area contributed by atoms with Crippen LogP contribution in [0.5, 0.6) is 5.75 Å². The molecule has 0 aliphatic heterocycles. The predicted molar refractivity (Wildman–Crippen MR) is 86.7 cm³/mol. The number of rotatable bonds is 3. The third-order valence-corrected chi connectivity index (χ3v) is 4.83. The van der Waals surface area contributed by atoms with Crippen molar-refractivity contribution in [2.75, 3.05) is 7.11 Å². The molecule has 2 N–H and O–H groups in total. The number of Topliss-reactive ketones (excluding diaryl/α,β-unsaturated/α-hetero) is 1. The average molecular weight is 314 g/mol. The molecule has 1 aliphatic carbocycles. The monoisotopic (exact) mass is 314 g/mol. The van der Waals surface area contributed by atoms with Crippen LogP contribution in [0.25, 0.3) is 0 Å². The second-order valence-electron chi connectivity index (χ2n) is 6.58. The molecule has 3 rings (SSSR count). The lowest BCUT2D eigenvalue weighted by molar-refractivity contribution is -0.130. The minimum Gasteiger partial charge on any atom is -0.497 e. The summed E-state index contributed by atoms with van der Waals surface area (Å²) in [5.41, 5.74) is 2.68. The van der Waals surface area contributed by atoms with E-state index in [1.54, 1.807) is 21.0 Å². The largest absolute Gasteiger partial charge is 0.497 e. The number of H-pyrrole nitrogens is 1. The molecule has 1 heterocycles. The van der Waals surface area contributed by atoms with Crippen LogP contribution < -0.4 is 4.74 Å². The van der Waals surface area contributed by atoms with Crippen molar-refractivity contribution < 1.29 is 14.6 Å². The van der Waals surface area contributed by atoms with Gasteiger partial charge >= 0.3 is 0 Å². The van der Waals surface area contributed by atoms with Gasteiger partial charge in [-0.05, 0) is 38.5 Å². The van der Waals surface area contributed by atoms with Crippen LogP contribution in [0.2, 0.25) is 0 Å². The Kier molecular flexibility index (Phi) is 3.76. The lowest BCUT2D eigenvalue weighted by atomic mass is 9.64. The summed E-state index contributed by atoms with van der Waals surface area (Å²) in [5, 5.41) is 18.2. The highest BCUT2D eigenvalue weighted by Gasteiger charge is 2.48. The summed E-state index contributed by atoms with van der Waals surface area (Å²) in [7, 11) is 1.62. The van der Waals surface area contributed by atoms with Gasteiger partial charge in [-0.3, -0.25) is 9.89 Å². The first-order chi connectivity index (χ1) is 10.8. The number of ether oxygens (including phenoxy) is 1. The van der Waals surface area contributed by atoms with Crippen LogP contribution >= 0.6 is 0 Å². The molecular formula is C18H22N2O3. The topological polar surface area (TPSA) is 75.2 Å². The van der Waals surface area contributed by atoms with Crippen molar-refractivity contribution in [1.29, 1.82) is 0 Å². The Balaban J connectivity index is 2.19. The Bertz CT molecular complexity index is 731. The summed E-state index contributed by atoms with van der Waals surface area (Å²) < 4.78 is 5.22. The molecule has 0 radical (unpaired) electrons. The van der Waals surface area contributed by atoms with Crippen molar-refractivity contribution in [2.45, 2.75) is 38.7 Å². The molecule has 23 heavy (non-hydrogen) atoms. The fraction of sp³-hybridized carbons (Fsp3) is 0.444. The molecule has 1 aliphatic rings. The third-order valence-electron chi connectivity index (χ3n) is 4.83. The minimum atomic E-state index is -1.12. The van der Waals surface area contributed by atoms with Gasteiger partial charge in [0.15, 0.2) is 0 Å². The van der Waals surface area contributed by atoms with Gasteiger partial charge in [0.25, 0.3) is 0 Å². The second-order valence-corrected chi connectivity index (χ2v) is 6.58. The molecule has 5 nitrogen and oxygen atoms in total. The number of methoxy groups -OCH3 is 1. The molecule has 1 aromatic carbocycles. The molecule has 1 aromatic heterocycles. The smallest absolute Gasteiger partial charge is 0.136 e. The number of hydrogen-bond donors (Lipinski definition) is 2. The van der Waals surface area contributed by atoms with Gasteiger partial charge in [-0.25, -0.2) is 0 Å². The first kappa shape index (κ1) is 15.7. The van der Waals surface area contributed by atoms with Crippen LogP contribution in [0.4, 0.5) is 0 Å². The molecule has 0 saturated carbocycles. The zero-order valence-electron chi connectivity index (χ0n) is 13.9. The first-order valence-corrected chi connectivity index (χ1v) is 7.75. The van der Waals surface area contributed by atoms with E-state index in [0.717, 1.165) is 28.3 Å². The van der Waals surface area contributed by atoms with Gasteiger partial charge in [-0.1, -0.05) is 12.1 Å². The maximum atomic E-state index is 12.3. The van der Waals surface area contributed by atoms with Crippen molar-refractivity contribution in [3.05, 3.63) is 46.8 Å². The summed E-state index contributed by atoms with van der Waals surface area (Å²) in [6.07, 6.45) is 0.379. The fourth-order valence-corrected chi connectivity index (χ4v) is 3.85. The second kappa shape index (κ2) is 5.49. The quantitative estimate of drug-likeness (QED) is 0.912. The van der Waals surface area contributed by atoms with E-state index in [1.807, 2.05) is 31.2 Å². The number of carbonyl (C=O) groups is 1. The molecule has 122 valence electrons. The van der Waals surface area contributed by atoms with E-state index in [1.165, 1.54) is 0 Å². The molecule has 0 fully saturated rings. The van der Waals surface area contributed by atoms with Gasteiger partial charge in [-0.15, -0.1) is 0 Å². The van der Waals surface area contributed by atoms with Crippen molar-refractivity contribution in [3.63, 3.8) is 0 Å². The zero-order chi connectivity index (χ0) is 16.8. The number of aromatic nitrogens is 2. The average Bonchev–Trinajstić information content (AvgIpc) is 2.85. The summed E-state index contributed by atoms with van der Waals surface area (Å²) in [4.78, 5) is 12.3. The Morgan fingerprint density at radius 2 is 2.04 bits per heavy atom. The van der Waals surface area contributed by atoms with Crippen LogP contribution in [-0.4, -0.2) is 33.8 Å². The van der Waals surface area contributed by atoms with E-state index >= 15 is 0 Å². The summed E-state index contributed by atoms with van der Waals surface area (Å²) in [6, 6.07) is 7.67. The summed E-state index contributed by atoms with van der Waals surface area (Å²) in [5.74, 6) is 0.0394. The van der Waals surface area contributed by atoms with Crippen LogP contribution in [0, 0.1) is 12.8 Å². The number of hydrogen-bond acceptors (Lipinski definition) is 4. The highest BCUT2D eigenvalue weighted by Crippen LogP contribution is 2.46. The van der Waals surface area contributed by atoms with Crippen molar-refractivity contribution in [2.24, 2.45) is 5.92 Å². The maximum absolute atomic E-state index is 12.3. The highest BCUT2D eigenvalue weighted by atomic mass is 16.5. The van der Waals surface area contributed by atoms with Crippen LogP contribution in [0.1, 0.15) is 42.3 Å². The lowest BCUT2D eigenvalue weighted by Crippen LogP contribution is -2.48. The van der Waals surface area contributed by atoms with Crippen molar-refractivity contribution in [3.8, 4) is 5.75 Å². The summed E-state index contributed by atoms with van der Waals surface area (Å²) in [6.45, 7) is 5.23. The Labute approximate surface area is 135 Å². The normalized spacial score (nSPS) is 26.7. The van der Waals surface area contributed by atoms with E-state index in [4.69, 9.17) is 4.74 Å². The number of nitrogens with one attached hydrogen (secondary N) is 1. The number of carbonyl (C=O) groups excluding carboxylic acids is 1. The Morgan fingerprint density at radius 1 is 1.39 bits per heavy atom. The van der Waals surface area contributed by atoms with E-state index in [0.29, 0.717) is 6.42 Å². The van der Waals surface area contributed by atoms with Crippen LogP contribution in [-0.2, 0) is 11.2 Å². The number of aromatic amines is 1. The van der Waals surface area contributed by atoms with Gasteiger partial charge in [0.05, 0.1) is 24.3 Å². The first-order valence-electron chi connectivity index (χ1n) is 7.75. The molecule has 3 atom stereocenters. The molecule has 0 amide bonds. The van der Waals surface area contributed by atoms with Crippen LogP contribution in [0.3, 0.4) is 0 Å². The molecule has 5 heteroatoms. The van der Waals surface area contributed by atoms with Gasteiger partial charge < -0.3 is 9.84 Å². The van der Waals surface area contributed by atoms with E-state index in [9.17, 15) is 9.90 Å². The van der Waals surface area contributed by atoms with Crippen LogP contribution in [0.15, 0.2) is 24.3 Å². The lowest BCUT2D eigenvalue weighted by Gasteiger charge is -2.41. The van der Waals surface area contributed by atoms with Gasteiger partial charge in [0, 0.05) is 23.6 Å². The zero-order valence-corrected chi connectivity index (χ0v) is 13.9. The van der Waals surface area contributed by atoms with Gasteiger partial charge in [0.1, 0.15) is 11.5 Å². The van der Waals surface area contributed by atoms with Crippen molar-refractivity contribution in [1.82, 2.24) is 10.2 Å². The maximum Gasteiger partial charge on any atom is 0.136 e. The molecule has 0 saturated heterocycles. The number of ketones is 1. The number of aliphatic hydroxyl groups is 1. The van der Waals surface area contributed by atoms with Gasteiger partial charge in [-0.2, -0.15) is 5.10 Å². The Morgan fingerprint density at radius 3 is 2.61 bits per heavy atom. The standard InChI is InChI=1S/C18H22N2O3/c1-10-15-14(20-19-10)9-18(3,22)17(11(2)21)16(15)12-5-7-13(23-4)8-6-12/h5-8,16-17,22H,9H2,1-4H3,(H,19,20)/t16-,17+,18-/m1/s1. The highest BCUT2D eigenvalue weighted by molar-refractivity contribution is 5.82. The van der Waals surface area contributed by atoms with Gasteiger partial charge in [0.2, 0.25) is 0 Å². The number of aryl methyl sites for hydroxylation is 1. The molecule has 2 aromatic rings. The minimum absolute atomic E-state index is 0.0120. The number of fused-ring (bicyclic) bond motifs is 1. The molecule has 0 bridgehead atoms. The SMILES string of the molecule is COc1ccc([C@@H]2c3c(n[nH]c3C)C[C@@](C)(O)[C@H]2C(C)=O)cc1. The number of benzene rings is 1.